The van der Waals surface area contributed by atoms with Crippen LogP contribution in [-0.4, -0.2) is 4.57 Å². The van der Waals surface area contributed by atoms with Gasteiger partial charge in [0.2, 0.25) is 0 Å². The van der Waals surface area contributed by atoms with Crippen molar-refractivity contribution in [2.24, 2.45) is 0 Å². The fourth-order valence-corrected chi connectivity index (χ4v) is 2.76. The maximum Gasteiger partial charge on any atom is 0.265 e. The summed E-state index contributed by atoms with van der Waals surface area (Å²) in [7, 11) is 0. The third-order valence-corrected chi connectivity index (χ3v) is 4.14. The first-order valence-electron chi connectivity index (χ1n) is 5.66. The minimum absolute atomic E-state index is 0.00306. The standard InChI is InChI=1S/C14H13Br2NO/c1-10(11-5-3-2-4-6-11)17-12(9-15)7-8-13(16)14(17)18/h2-8,10H,9H2,1H3/t10-/m1/s1. The Labute approximate surface area is 123 Å². The zero-order chi connectivity index (χ0) is 13.1. The summed E-state index contributed by atoms with van der Waals surface area (Å²) in [4.78, 5) is 12.3. The first-order chi connectivity index (χ1) is 8.65. The van der Waals surface area contributed by atoms with Gasteiger partial charge in [-0.05, 0) is 40.5 Å². The van der Waals surface area contributed by atoms with Crippen molar-refractivity contribution in [2.75, 3.05) is 0 Å². The van der Waals surface area contributed by atoms with Gasteiger partial charge in [0.25, 0.3) is 5.56 Å². The molecule has 0 radical (unpaired) electrons. The van der Waals surface area contributed by atoms with E-state index in [0.717, 1.165) is 11.3 Å². The normalized spacial score (nSPS) is 12.4. The molecule has 1 heterocycles. The Morgan fingerprint density at radius 2 is 1.83 bits per heavy atom. The van der Waals surface area contributed by atoms with E-state index in [1.807, 2.05) is 47.9 Å². The van der Waals surface area contributed by atoms with E-state index in [0.29, 0.717) is 9.80 Å². The van der Waals surface area contributed by atoms with Crippen molar-refractivity contribution < 1.29 is 0 Å². The number of hydrogen-bond acceptors (Lipinski definition) is 1. The minimum Gasteiger partial charge on any atom is -0.304 e. The highest BCUT2D eigenvalue weighted by Gasteiger charge is 2.14. The van der Waals surface area contributed by atoms with E-state index in [4.69, 9.17) is 0 Å². The van der Waals surface area contributed by atoms with Crippen molar-refractivity contribution in [1.29, 1.82) is 0 Å². The molecule has 4 heteroatoms. The minimum atomic E-state index is 0.00306. The van der Waals surface area contributed by atoms with Gasteiger partial charge in [-0.15, -0.1) is 0 Å². The lowest BCUT2D eigenvalue weighted by Crippen LogP contribution is -2.27. The highest BCUT2D eigenvalue weighted by Crippen LogP contribution is 2.20. The van der Waals surface area contributed by atoms with Crippen LogP contribution < -0.4 is 5.56 Å². The van der Waals surface area contributed by atoms with Crippen LogP contribution in [0, 0.1) is 0 Å². The molecule has 0 saturated carbocycles. The number of aromatic nitrogens is 1. The third kappa shape index (κ3) is 2.59. The quantitative estimate of drug-likeness (QED) is 0.745. The van der Waals surface area contributed by atoms with Crippen LogP contribution in [0.5, 0.6) is 0 Å². The van der Waals surface area contributed by atoms with Crippen LogP contribution in [0.2, 0.25) is 0 Å². The molecule has 94 valence electrons. The second-order valence-electron chi connectivity index (χ2n) is 4.07. The molecular formula is C14H13Br2NO. The highest BCUT2D eigenvalue weighted by molar-refractivity contribution is 9.10. The molecule has 0 aliphatic heterocycles. The molecule has 0 aliphatic carbocycles. The average Bonchev–Trinajstić information content (AvgIpc) is 2.42. The Balaban J connectivity index is 2.57. The molecular weight excluding hydrogens is 358 g/mol. The molecule has 0 amide bonds. The van der Waals surface area contributed by atoms with Gasteiger partial charge < -0.3 is 4.57 Å². The van der Waals surface area contributed by atoms with Gasteiger partial charge in [-0.25, -0.2) is 0 Å². The van der Waals surface area contributed by atoms with Crippen molar-refractivity contribution >= 4 is 31.9 Å². The molecule has 2 aromatic rings. The predicted octanol–water partition coefficient (Wildman–Crippen LogP) is 4.12. The number of halogens is 2. The van der Waals surface area contributed by atoms with Gasteiger partial charge in [-0.2, -0.15) is 0 Å². The number of hydrogen-bond donors (Lipinski definition) is 0. The Bertz CT molecular complexity index is 592. The molecule has 0 spiro atoms. The molecule has 0 bridgehead atoms. The lowest BCUT2D eigenvalue weighted by Gasteiger charge is -2.19. The largest absolute Gasteiger partial charge is 0.304 e. The van der Waals surface area contributed by atoms with E-state index in [-0.39, 0.29) is 11.6 Å². The van der Waals surface area contributed by atoms with Gasteiger partial charge in [-0.1, -0.05) is 46.3 Å². The molecule has 0 N–H and O–H groups in total. The summed E-state index contributed by atoms with van der Waals surface area (Å²) >= 11 is 6.73. The molecule has 2 rings (SSSR count). The van der Waals surface area contributed by atoms with Crippen LogP contribution >= 0.6 is 31.9 Å². The first-order valence-corrected chi connectivity index (χ1v) is 7.57. The van der Waals surface area contributed by atoms with Crippen molar-refractivity contribution in [1.82, 2.24) is 4.57 Å². The van der Waals surface area contributed by atoms with Crippen LogP contribution in [0.4, 0.5) is 0 Å². The number of alkyl halides is 1. The van der Waals surface area contributed by atoms with E-state index in [9.17, 15) is 4.79 Å². The maximum absolute atomic E-state index is 12.3. The topological polar surface area (TPSA) is 22.0 Å². The number of pyridine rings is 1. The fourth-order valence-electron chi connectivity index (χ4n) is 1.98. The maximum atomic E-state index is 12.3. The molecule has 0 fully saturated rings. The number of benzene rings is 1. The summed E-state index contributed by atoms with van der Waals surface area (Å²) in [6.07, 6.45) is 0. The molecule has 1 atom stereocenters. The highest BCUT2D eigenvalue weighted by atomic mass is 79.9. The lowest BCUT2D eigenvalue weighted by molar-refractivity contribution is 0.593. The average molecular weight is 371 g/mol. The Morgan fingerprint density at radius 3 is 2.44 bits per heavy atom. The van der Waals surface area contributed by atoms with Crippen molar-refractivity contribution in [2.45, 2.75) is 18.3 Å². The Hall–Kier alpha value is -0.870. The predicted molar refractivity (Wildman–Crippen MR) is 81.3 cm³/mol. The summed E-state index contributed by atoms with van der Waals surface area (Å²) in [6, 6.07) is 13.8. The molecule has 0 saturated heterocycles. The summed E-state index contributed by atoms with van der Waals surface area (Å²) in [5.74, 6) is 0. The molecule has 0 unspecified atom stereocenters. The van der Waals surface area contributed by atoms with Crippen LogP contribution in [-0.2, 0) is 5.33 Å². The van der Waals surface area contributed by atoms with E-state index >= 15 is 0 Å². The Morgan fingerprint density at radius 1 is 1.17 bits per heavy atom. The molecule has 18 heavy (non-hydrogen) atoms. The van der Waals surface area contributed by atoms with Crippen molar-refractivity contribution in [3.05, 3.63) is 68.5 Å². The van der Waals surface area contributed by atoms with E-state index in [1.54, 1.807) is 6.07 Å². The number of nitrogens with zero attached hydrogens (tertiary/aromatic N) is 1. The van der Waals surface area contributed by atoms with E-state index < -0.39 is 0 Å². The lowest BCUT2D eigenvalue weighted by atomic mass is 10.1. The Kier molecular flexibility index (Phi) is 4.40. The molecule has 2 nitrogen and oxygen atoms in total. The third-order valence-electron chi connectivity index (χ3n) is 2.96. The summed E-state index contributed by atoms with van der Waals surface area (Å²) < 4.78 is 2.41. The van der Waals surface area contributed by atoms with E-state index in [2.05, 4.69) is 31.9 Å². The van der Waals surface area contributed by atoms with Crippen molar-refractivity contribution in [3.8, 4) is 0 Å². The second kappa shape index (κ2) is 5.85. The van der Waals surface area contributed by atoms with Crippen LogP contribution in [0.25, 0.3) is 0 Å². The summed E-state index contributed by atoms with van der Waals surface area (Å²) in [5, 5.41) is 0.659. The first kappa shape index (κ1) is 13.6. The smallest absolute Gasteiger partial charge is 0.265 e. The van der Waals surface area contributed by atoms with Gasteiger partial charge in [0, 0.05) is 11.0 Å². The van der Waals surface area contributed by atoms with Gasteiger partial charge in [0.1, 0.15) is 0 Å². The second-order valence-corrected chi connectivity index (χ2v) is 5.48. The molecule has 1 aromatic carbocycles. The van der Waals surface area contributed by atoms with Gasteiger partial charge in [0.05, 0.1) is 10.5 Å². The SMILES string of the molecule is C[C@H](c1ccccc1)n1c(CBr)ccc(Br)c1=O. The van der Waals surface area contributed by atoms with Gasteiger partial charge in [0.15, 0.2) is 0 Å². The summed E-state index contributed by atoms with van der Waals surface area (Å²) in [5.41, 5.74) is 2.10. The zero-order valence-corrected chi connectivity index (χ0v) is 13.1. The van der Waals surface area contributed by atoms with Gasteiger partial charge in [-0.3, -0.25) is 4.79 Å². The van der Waals surface area contributed by atoms with Crippen LogP contribution in [0.1, 0.15) is 24.2 Å². The fraction of sp³-hybridized carbons (Fsp3) is 0.214. The van der Waals surface area contributed by atoms with Crippen LogP contribution in [0.3, 0.4) is 0 Å². The molecule has 1 aromatic heterocycles. The zero-order valence-electron chi connectivity index (χ0n) is 9.94. The van der Waals surface area contributed by atoms with E-state index in [1.165, 1.54) is 0 Å². The van der Waals surface area contributed by atoms with Crippen molar-refractivity contribution in [3.63, 3.8) is 0 Å². The van der Waals surface area contributed by atoms with Gasteiger partial charge >= 0.3 is 0 Å². The summed E-state index contributed by atoms with van der Waals surface area (Å²) in [6.45, 7) is 2.04. The van der Waals surface area contributed by atoms with Crippen LogP contribution in [0.15, 0.2) is 51.7 Å². The monoisotopic (exact) mass is 369 g/mol. The number of rotatable bonds is 3. The molecule has 0 aliphatic rings.